The van der Waals surface area contributed by atoms with Crippen LogP contribution in [-0.4, -0.2) is 56.4 Å². The monoisotopic (exact) mass is 324 g/mol. The van der Waals surface area contributed by atoms with E-state index in [1.807, 2.05) is 49.1 Å². The fourth-order valence-electron chi connectivity index (χ4n) is 2.93. The van der Waals surface area contributed by atoms with Crippen LogP contribution in [0.3, 0.4) is 0 Å². The van der Waals surface area contributed by atoms with Crippen LogP contribution in [0.25, 0.3) is 0 Å². The highest BCUT2D eigenvalue weighted by atomic mass is 32.2. The molecule has 122 valence electrons. The van der Waals surface area contributed by atoms with E-state index in [0.29, 0.717) is 19.5 Å². The van der Waals surface area contributed by atoms with Gasteiger partial charge in [-0.15, -0.1) is 0 Å². The Labute approximate surface area is 132 Å². The molecule has 0 radical (unpaired) electrons. The largest absolute Gasteiger partial charge is 0.312 e. The Morgan fingerprint density at radius 2 is 1.86 bits per heavy atom. The molecule has 1 aromatic carbocycles. The van der Waals surface area contributed by atoms with Crippen LogP contribution >= 0.6 is 0 Å². The molecule has 0 N–H and O–H groups in total. The molecule has 1 aliphatic heterocycles. The molecule has 1 amide bonds. The Balaban J connectivity index is 2.05. The molecular formula is C16H24N2O3S. The molecule has 1 unspecified atom stereocenters. The van der Waals surface area contributed by atoms with Crippen molar-refractivity contribution in [2.75, 3.05) is 36.0 Å². The van der Waals surface area contributed by atoms with Crippen molar-refractivity contribution in [3.05, 3.63) is 30.3 Å². The fraction of sp³-hybridized carbons (Fsp3) is 0.562. The minimum atomic E-state index is -2.93. The Kier molecular flexibility index (Phi) is 5.58. The molecule has 0 spiro atoms. The van der Waals surface area contributed by atoms with Crippen molar-refractivity contribution in [1.29, 1.82) is 0 Å². The van der Waals surface area contributed by atoms with Gasteiger partial charge in [0.1, 0.15) is 0 Å². The summed E-state index contributed by atoms with van der Waals surface area (Å²) in [6.45, 7) is 5.46. The highest BCUT2D eigenvalue weighted by Crippen LogP contribution is 2.19. The van der Waals surface area contributed by atoms with Gasteiger partial charge in [-0.05, 0) is 32.0 Å². The number of carbonyl (C=O) groups is 1. The molecule has 0 aromatic heterocycles. The first-order chi connectivity index (χ1) is 10.5. The van der Waals surface area contributed by atoms with Gasteiger partial charge in [0.25, 0.3) is 0 Å². The van der Waals surface area contributed by atoms with E-state index < -0.39 is 9.84 Å². The first kappa shape index (κ1) is 17.0. The number of anilines is 1. The molecule has 1 saturated heterocycles. The molecule has 2 rings (SSSR count). The number of rotatable bonds is 6. The summed E-state index contributed by atoms with van der Waals surface area (Å²) in [6, 6.07) is 9.53. The lowest BCUT2D eigenvalue weighted by atomic mass is 10.2. The highest BCUT2D eigenvalue weighted by Gasteiger charge is 2.33. The van der Waals surface area contributed by atoms with Crippen LogP contribution in [0.1, 0.15) is 20.3 Å². The second kappa shape index (κ2) is 7.24. The zero-order chi connectivity index (χ0) is 16.2. The smallest absolute Gasteiger partial charge is 0.241 e. The van der Waals surface area contributed by atoms with Crippen LogP contribution in [0.5, 0.6) is 0 Å². The van der Waals surface area contributed by atoms with Gasteiger partial charge in [-0.3, -0.25) is 9.69 Å². The van der Waals surface area contributed by atoms with Crippen molar-refractivity contribution in [3.63, 3.8) is 0 Å². The van der Waals surface area contributed by atoms with Crippen molar-refractivity contribution in [3.8, 4) is 0 Å². The fourth-order valence-corrected chi connectivity index (χ4v) is 4.69. The summed E-state index contributed by atoms with van der Waals surface area (Å²) in [5.74, 6) is 0.421. The Morgan fingerprint density at radius 1 is 1.18 bits per heavy atom. The third-order valence-corrected chi connectivity index (χ3v) is 5.90. The van der Waals surface area contributed by atoms with E-state index in [4.69, 9.17) is 0 Å². The van der Waals surface area contributed by atoms with Crippen molar-refractivity contribution < 1.29 is 13.2 Å². The lowest BCUT2D eigenvalue weighted by Crippen LogP contribution is -2.45. The van der Waals surface area contributed by atoms with Crippen molar-refractivity contribution >= 4 is 21.4 Å². The molecule has 22 heavy (non-hydrogen) atoms. The molecular weight excluding hydrogens is 300 g/mol. The van der Waals surface area contributed by atoms with E-state index in [1.54, 1.807) is 4.90 Å². The average molecular weight is 324 g/mol. The van der Waals surface area contributed by atoms with Crippen molar-refractivity contribution in [2.24, 2.45) is 0 Å². The normalized spacial score (nSPS) is 20.2. The van der Waals surface area contributed by atoms with Gasteiger partial charge in [-0.1, -0.05) is 25.1 Å². The van der Waals surface area contributed by atoms with Crippen molar-refractivity contribution in [1.82, 2.24) is 4.90 Å². The van der Waals surface area contributed by atoms with Gasteiger partial charge in [-0.25, -0.2) is 8.42 Å². The molecule has 5 nitrogen and oxygen atoms in total. The summed E-state index contributed by atoms with van der Waals surface area (Å²) in [4.78, 5) is 16.3. The number of nitrogens with zero attached hydrogens (tertiary/aromatic N) is 2. The summed E-state index contributed by atoms with van der Waals surface area (Å²) in [5.41, 5.74) is 0.880. The lowest BCUT2D eigenvalue weighted by molar-refractivity contribution is -0.120. The average Bonchev–Trinajstić information content (AvgIpc) is 2.86. The van der Waals surface area contributed by atoms with Gasteiger partial charge in [-0.2, -0.15) is 0 Å². The minimum Gasteiger partial charge on any atom is -0.312 e. The second-order valence-corrected chi connectivity index (χ2v) is 7.82. The quantitative estimate of drug-likeness (QED) is 0.797. The number of likely N-dealkylation sites (N-methyl/N-ethyl adjacent to an activating group) is 2. The van der Waals surface area contributed by atoms with E-state index in [9.17, 15) is 13.2 Å². The predicted octanol–water partition coefficient (Wildman–Crippen LogP) is 1.55. The molecule has 1 fully saturated rings. The number of benzene rings is 1. The number of amides is 1. The molecule has 1 aromatic rings. The Bertz CT molecular complexity index is 601. The van der Waals surface area contributed by atoms with E-state index >= 15 is 0 Å². The zero-order valence-corrected chi connectivity index (χ0v) is 14.1. The molecule has 1 heterocycles. The number of hydrogen-bond acceptors (Lipinski definition) is 4. The summed E-state index contributed by atoms with van der Waals surface area (Å²) in [7, 11) is -2.93. The van der Waals surface area contributed by atoms with Crippen LogP contribution in [0.15, 0.2) is 30.3 Å². The second-order valence-electron chi connectivity index (χ2n) is 5.59. The topological polar surface area (TPSA) is 57.7 Å². The highest BCUT2D eigenvalue weighted by molar-refractivity contribution is 7.91. The van der Waals surface area contributed by atoms with E-state index in [2.05, 4.69) is 0 Å². The molecule has 0 bridgehead atoms. The molecule has 1 aliphatic rings. The summed E-state index contributed by atoms with van der Waals surface area (Å²) < 4.78 is 23.3. The van der Waals surface area contributed by atoms with Crippen LogP contribution in [-0.2, 0) is 14.6 Å². The van der Waals surface area contributed by atoms with E-state index in [0.717, 1.165) is 5.69 Å². The van der Waals surface area contributed by atoms with Crippen LogP contribution < -0.4 is 4.90 Å². The van der Waals surface area contributed by atoms with Crippen molar-refractivity contribution in [2.45, 2.75) is 26.3 Å². The maximum Gasteiger partial charge on any atom is 0.241 e. The summed E-state index contributed by atoms with van der Waals surface area (Å²) in [6.07, 6.45) is 0.626. The van der Waals surface area contributed by atoms with Crippen LogP contribution in [0, 0.1) is 0 Å². The Morgan fingerprint density at radius 3 is 2.36 bits per heavy atom. The standard InChI is InChI=1S/C16H24N2O3S/c1-3-17(15-10-11-22(20,21)13-15)12-16(19)18(4-2)14-8-6-5-7-9-14/h5-9,15H,3-4,10-13H2,1-2H3. The summed E-state index contributed by atoms with van der Waals surface area (Å²) in [5, 5.41) is 0. The molecule has 0 saturated carbocycles. The third-order valence-electron chi connectivity index (χ3n) is 4.15. The SMILES string of the molecule is CCN(C(=O)CN(CC)C1CCS(=O)(=O)C1)c1ccccc1. The maximum absolute atomic E-state index is 12.6. The minimum absolute atomic E-state index is 0.0137. The van der Waals surface area contributed by atoms with Crippen LogP contribution in [0.4, 0.5) is 5.69 Å². The first-order valence-corrected chi connectivity index (χ1v) is 9.59. The van der Waals surface area contributed by atoms with Gasteiger partial charge in [0.05, 0.1) is 18.1 Å². The number of carbonyl (C=O) groups excluding carboxylic acids is 1. The van der Waals surface area contributed by atoms with Gasteiger partial charge < -0.3 is 4.90 Å². The third kappa shape index (κ3) is 4.08. The molecule has 1 atom stereocenters. The van der Waals surface area contributed by atoms with Gasteiger partial charge in [0, 0.05) is 18.3 Å². The molecule has 6 heteroatoms. The van der Waals surface area contributed by atoms with Gasteiger partial charge in [0.15, 0.2) is 9.84 Å². The maximum atomic E-state index is 12.6. The summed E-state index contributed by atoms with van der Waals surface area (Å²) >= 11 is 0. The lowest BCUT2D eigenvalue weighted by Gasteiger charge is -2.29. The van der Waals surface area contributed by atoms with Crippen LogP contribution in [0.2, 0.25) is 0 Å². The Hall–Kier alpha value is -1.40. The zero-order valence-electron chi connectivity index (χ0n) is 13.2. The number of sulfone groups is 1. The number of para-hydroxylation sites is 1. The van der Waals surface area contributed by atoms with E-state index in [1.165, 1.54) is 0 Å². The predicted molar refractivity (Wildman–Crippen MR) is 88.8 cm³/mol. The van der Waals surface area contributed by atoms with E-state index in [-0.39, 0.29) is 30.0 Å². The molecule has 0 aliphatic carbocycles. The number of hydrogen-bond donors (Lipinski definition) is 0. The first-order valence-electron chi connectivity index (χ1n) is 7.76. The van der Waals surface area contributed by atoms with Gasteiger partial charge in [0.2, 0.25) is 5.91 Å². The van der Waals surface area contributed by atoms with Gasteiger partial charge >= 0.3 is 0 Å².